The Bertz CT molecular complexity index is 994. The van der Waals surface area contributed by atoms with Crippen LogP contribution in [-0.2, 0) is 24.8 Å². The van der Waals surface area contributed by atoms with Crippen molar-refractivity contribution in [2.24, 2.45) is 12.8 Å². The van der Waals surface area contributed by atoms with Crippen molar-refractivity contribution in [3.63, 3.8) is 0 Å². The van der Waals surface area contributed by atoms with E-state index in [1.807, 2.05) is 25.5 Å². The summed E-state index contributed by atoms with van der Waals surface area (Å²) in [7, 11) is 1.89. The summed E-state index contributed by atoms with van der Waals surface area (Å²) in [5.74, 6) is -0.0280. The van der Waals surface area contributed by atoms with E-state index in [1.54, 1.807) is 20.9 Å². The summed E-state index contributed by atoms with van der Waals surface area (Å²) in [6, 6.07) is 1.91. The summed E-state index contributed by atoms with van der Waals surface area (Å²) in [5, 5.41) is 6.50. The van der Waals surface area contributed by atoms with E-state index in [1.165, 1.54) is 5.56 Å². The molecule has 0 bridgehead atoms. The van der Waals surface area contributed by atoms with E-state index in [2.05, 4.69) is 5.10 Å². The number of hydrogen-bond donors (Lipinski definition) is 1. The Balaban J connectivity index is 1.93. The van der Waals surface area contributed by atoms with Gasteiger partial charge in [0, 0.05) is 35.6 Å². The van der Waals surface area contributed by atoms with Gasteiger partial charge >= 0.3 is 0 Å². The normalized spacial score (nSPS) is 14.2. The smallest absolute Gasteiger partial charge is 0.236 e. The molecule has 8 heteroatoms. The van der Waals surface area contributed by atoms with E-state index in [4.69, 9.17) is 28.9 Å². The zero-order valence-electron chi connectivity index (χ0n) is 13.6. The molecule has 0 saturated carbocycles. The third-order valence-electron chi connectivity index (χ3n) is 4.55. The molecule has 1 aliphatic rings. The topological polar surface area (TPSA) is 64.2 Å². The van der Waals surface area contributed by atoms with Gasteiger partial charge in [0.15, 0.2) is 0 Å². The minimum Gasteiger partial charge on any atom is -0.336 e. The number of halogens is 2. The van der Waals surface area contributed by atoms with Gasteiger partial charge in [0.2, 0.25) is 5.91 Å². The van der Waals surface area contributed by atoms with Gasteiger partial charge in [0.1, 0.15) is 0 Å². The fourth-order valence-electron chi connectivity index (χ4n) is 3.34. The first-order valence-electron chi connectivity index (χ1n) is 7.88. The van der Waals surface area contributed by atoms with Crippen molar-refractivity contribution in [3.8, 4) is 11.1 Å². The maximum absolute atomic E-state index is 12.0. The van der Waals surface area contributed by atoms with E-state index in [-0.39, 0.29) is 12.5 Å². The molecule has 5 nitrogen and oxygen atoms in total. The summed E-state index contributed by atoms with van der Waals surface area (Å²) >= 11 is 14.5. The first-order chi connectivity index (χ1) is 12.0. The van der Waals surface area contributed by atoms with Gasteiger partial charge in [-0.3, -0.25) is 9.48 Å². The minimum atomic E-state index is -0.0280. The summed E-state index contributed by atoms with van der Waals surface area (Å²) < 4.78 is 2.74. The molecule has 3 aromatic rings. The Labute approximate surface area is 158 Å². The van der Waals surface area contributed by atoms with Crippen LogP contribution in [0.3, 0.4) is 0 Å². The highest BCUT2D eigenvalue weighted by Crippen LogP contribution is 2.46. The number of nitrogens with two attached hydrogens (primary N) is 1. The highest BCUT2D eigenvalue weighted by molar-refractivity contribution is 7.20. The summed E-state index contributed by atoms with van der Waals surface area (Å²) in [6.45, 7) is 1.28. The number of benzene rings is 1. The second kappa shape index (κ2) is 6.29. The molecule has 2 aromatic heterocycles. The molecule has 4 rings (SSSR count). The number of hydrogen-bond acceptors (Lipinski definition) is 4. The van der Waals surface area contributed by atoms with E-state index >= 15 is 0 Å². The van der Waals surface area contributed by atoms with Crippen molar-refractivity contribution in [1.82, 2.24) is 14.7 Å². The van der Waals surface area contributed by atoms with Crippen molar-refractivity contribution in [2.75, 3.05) is 13.1 Å². The number of nitrogens with zero attached hydrogens (tertiary/aromatic N) is 3. The van der Waals surface area contributed by atoms with Crippen LogP contribution in [0.1, 0.15) is 10.4 Å². The predicted octanol–water partition coefficient (Wildman–Crippen LogP) is 3.45. The van der Waals surface area contributed by atoms with E-state index in [0.29, 0.717) is 23.1 Å². The Hall–Kier alpha value is -1.60. The first-order valence-corrected chi connectivity index (χ1v) is 9.46. The lowest BCUT2D eigenvalue weighted by Crippen LogP contribution is -2.39. The molecule has 0 radical (unpaired) electrons. The van der Waals surface area contributed by atoms with Crippen molar-refractivity contribution < 1.29 is 4.79 Å². The van der Waals surface area contributed by atoms with Gasteiger partial charge in [-0.05, 0) is 23.6 Å². The van der Waals surface area contributed by atoms with Crippen LogP contribution in [0.2, 0.25) is 10.0 Å². The average molecular weight is 395 g/mol. The Morgan fingerprint density at radius 1 is 1.44 bits per heavy atom. The lowest BCUT2D eigenvalue weighted by Gasteiger charge is -2.26. The Morgan fingerprint density at radius 2 is 2.24 bits per heavy atom. The van der Waals surface area contributed by atoms with Crippen molar-refractivity contribution in [2.45, 2.75) is 13.0 Å². The van der Waals surface area contributed by atoms with Gasteiger partial charge in [0.05, 0.1) is 34.0 Å². The zero-order valence-corrected chi connectivity index (χ0v) is 15.9. The number of aryl methyl sites for hydroxylation is 1. The Kier molecular flexibility index (Phi) is 4.24. The Morgan fingerprint density at radius 3 is 2.92 bits per heavy atom. The molecule has 1 aliphatic heterocycles. The van der Waals surface area contributed by atoms with Gasteiger partial charge < -0.3 is 10.6 Å². The number of aromatic nitrogens is 2. The number of thiophene rings is 1. The van der Waals surface area contributed by atoms with Crippen LogP contribution in [-0.4, -0.2) is 33.7 Å². The summed E-state index contributed by atoms with van der Waals surface area (Å²) in [4.78, 5) is 14.9. The second-order valence-electron chi connectivity index (χ2n) is 6.10. The van der Waals surface area contributed by atoms with Crippen LogP contribution in [0, 0.1) is 0 Å². The zero-order chi connectivity index (χ0) is 17.7. The highest BCUT2D eigenvalue weighted by atomic mass is 35.5. The quantitative estimate of drug-likeness (QED) is 0.723. The molecule has 25 heavy (non-hydrogen) atoms. The average Bonchev–Trinajstić information content (AvgIpc) is 3.20. The van der Waals surface area contributed by atoms with Crippen LogP contribution in [0.25, 0.3) is 21.2 Å². The lowest BCUT2D eigenvalue weighted by atomic mass is 9.97. The monoisotopic (exact) mass is 394 g/mol. The molecule has 0 fully saturated rings. The maximum Gasteiger partial charge on any atom is 0.236 e. The molecule has 3 heterocycles. The highest BCUT2D eigenvalue weighted by Gasteiger charge is 2.27. The molecule has 2 N–H and O–H groups in total. The molecule has 0 spiro atoms. The molecule has 0 saturated heterocycles. The van der Waals surface area contributed by atoms with Crippen LogP contribution in [0.15, 0.2) is 18.5 Å². The van der Waals surface area contributed by atoms with Gasteiger partial charge in [-0.25, -0.2) is 0 Å². The number of fused-ring (bicyclic) bond motifs is 3. The standard InChI is InChI=1S/C17H16Cl2N4OS/c1-22-7-9(6-21-22)11-4-12(18)16(19)17-15(11)10-2-3-23(14(24)5-20)8-13(10)25-17/h4,6-7H,2-3,5,8,20H2,1H3. The van der Waals surface area contributed by atoms with Crippen molar-refractivity contribution in [1.29, 1.82) is 0 Å². The lowest BCUT2D eigenvalue weighted by molar-refractivity contribution is -0.130. The molecule has 0 aliphatic carbocycles. The van der Waals surface area contributed by atoms with Crippen LogP contribution in [0.4, 0.5) is 0 Å². The predicted molar refractivity (Wildman–Crippen MR) is 102 cm³/mol. The number of amides is 1. The largest absolute Gasteiger partial charge is 0.336 e. The van der Waals surface area contributed by atoms with Crippen LogP contribution >= 0.6 is 34.5 Å². The summed E-state index contributed by atoms with van der Waals surface area (Å²) in [6.07, 6.45) is 4.58. The van der Waals surface area contributed by atoms with Crippen LogP contribution < -0.4 is 5.73 Å². The molecule has 0 atom stereocenters. The molecular weight excluding hydrogens is 379 g/mol. The van der Waals surface area contributed by atoms with Crippen LogP contribution in [0.5, 0.6) is 0 Å². The molecule has 1 amide bonds. The third kappa shape index (κ3) is 2.73. The fourth-order valence-corrected chi connectivity index (χ4v) is 5.20. The number of carbonyl (C=O) groups is 1. The summed E-state index contributed by atoms with van der Waals surface area (Å²) in [5.41, 5.74) is 8.80. The third-order valence-corrected chi connectivity index (χ3v) is 6.68. The molecule has 130 valence electrons. The van der Waals surface area contributed by atoms with Crippen molar-refractivity contribution in [3.05, 3.63) is 38.9 Å². The molecular formula is C17H16Cl2N4OS. The molecule has 0 unspecified atom stereocenters. The van der Waals surface area contributed by atoms with E-state index < -0.39 is 0 Å². The van der Waals surface area contributed by atoms with E-state index in [0.717, 1.165) is 32.5 Å². The first kappa shape index (κ1) is 16.8. The maximum atomic E-state index is 12.0. The van der Waals surface area contributed by atoms with Gasteiger partial charge in [-0.15, -0.1) is 11.3 Å². The molecule has 1 aromatic carbocycles. The minimum absolute atomic E-state index is 0.0280. The van der Waals surface area contributed by atoms with Gasteiger partial charge in [-0.1, -0.05) is 23.2 Å². The fraction of sp³-hybridized carbons (Fsp3) is 0.294. The SMILES string of the molecule is Cn1cc(-c2cc(Cl)c(Cl)c3sc4c(c23)CCN(C(=O)CN)C4)cn1. The number of carbonyl (C=O) groups excluding carboxylic acids is 1. The van der Waals surface area contributed by atoms with Crippen molar-refractivity contribution >= 4 is 50.5 Å². The van der Waals surface area contributed by atoms with Gasteiger partial charge in [-0.2, -0.15) is 5.10 Å². The van der Waals surface area contributed by atoms with E-state index in [9.17, 15) is 4.79 Å². The second-order valence-corrected chi connectivity index (χ2v) is 7.99. The number of rotatable bonds is 2. The van der Waals surface area contributed by atoms with Gasteiger partial charge in [0.25, 0.3) is 0 Å².